The highest BCUT2D eigenvalue weighted by atomic mass is 28.3. The van der Waals surface area contributed by atoms with Gasteiger partial charge in [0.2, 0.25) is 0 Å². The second kappa shape index (κ2) is 4.41. The van der Waals surface area contributed by atoms with Crippen molar-refractivity contribution in [3.63, 3.8) is 0 Å². The van der Waals surface area contributed by atoms with Crippen molar-refractivity contribution < 1.29 is 9.90 Å². The summed E-state index contributed by atoms with van der Waals surface area (Å²) >= 11 is 0. The van der Waals surface area contributed by atoms with Crippen LogP contribution < -0.4 is 10.5 Å². The molecule has 0 aliphatic rings. The van der Waals surface area contributed by atoms with E-state index in [1.54, 1.807) is 6.07 Å². The Morgan fingerprint density at radius 2 is 2.06 bits per heavy atom. The summed E-state index contributed by atoms with van der Waals surface area (Å²) in [6, 6.07) is 5.50. The highest BCUT2D eigenvalue weighted by molar-refractivity contribution is 6.89. The molecule has 2 N–H and O–H groups in total. The van der Waals surface area contributed by atoms with E-state index in [-0.39, 0.29) is 0 Å². The number of rotatable bonds is 2. The van der Waals surface area contributed by atoms with E-state index in [2.05, 4.69) is 30.9 Å². The van der Waals surface area contributed by atoms with Gasteiger partial charge in [-0.25, -0.2) is 4.79 Å². The Kier molecular flexibility index (Phi) is 3.40. The van der Waals surface area contributed by atoms with Crippen LogP contribution in [0.25, 0.3) is 0 Å². The van der Waals surface area contributed by atoms with Gasteiger partial charge in [0.05, 0.1) is 13.8 Å². The summed E-state index contributed by atoms with van der Waals surface area (Å²) in [5.74, 6) is 2.58. The van der Waals surface area contributed by atoms with Gasteiger partial charge >= 0.3 is 6.09 Å². The minimum Gasteiger partial charge on any atom is -0.465 e. The van der Waals surface area contributed by atoms with Crippen LogP contribution in [0.5, 0.6) is 0 Å². The molecule has 4 heteroatoms. The molecule has 0 spiro atoms. The molecule has 0 saturated heterocycles. The van der Waals surface area contributed by atoms with Gasteiger partial charge in [0.25, 0.3) is 0 Å². The van der Waals surface area contributed by atoms with Crippen LogP contribution in [0.3, 0.4) is 0 Å². The predicted octanol–water partition coefficient (Wildman–Crippen LogP) is 2.30. The van der Waals surface area contributed by atoms with Crippen LogP contribution in [-0.2, 0) is 0 Å². The van der Waals surface area contributed by atoms with Crippen molar-refractivity contribution >= 4 is 25.0 Å². The fraction of sp³-hybridized carbons (Fsp3) is 0.250. The summed E-state index contributed by atoms with van der Waals surface area (Å²) in [5.41, 5.74) is 1.17. The zero-order valence-corrected chi connectivity index (χ0v) is 10.7. The Hall–Kier alpha value is -1.73. The average Bonchev–Trinajstić information content (AvgIpc) is 2.15. The fourth-order valence-electron chi connectivity index (χ4n) is 1.55. The predicted molar refractivity (Wildman–Crippen MR) is 69.0 cm³/mol. The molecule has 0 fully saturated rings. The van der Waals surface area contributed by atoms with Gasteiger partial charge in [-0.3, -0.25) is 5.32 Å². The monoisotopic (exact) mass is 233 g/mol. The van der Waals surface area contributed by atoms with Crippen molar-refractivity contribution in [3.8, 4) is 12.3 Å². The molecule has 1 amide bonds. The molecule has 0 aliphatic heterocycles. The summed E-state index contributed by atoms with van der Waals surface area (Å²) < 4.78 is 0. The van der Waals surface area contributed by atoms with E-state index in [0.717, 1.165) is 5.19 Å². The summed E-state index contributed by atoms with van der Waals surface area (Å²) in [6.45, 7) is 6.52. The average molecular weight is 233 g/mol. The van der Waals surface area contributed by atoms with Crippen molar-refractivity contribution in [2.24, 2.45) is 0 Å². The Labute approximate surface area is 96.5 Å². The summed E-state index contributed by atoms with van der Waals surface area (Å²) in [4.78, 5) is 10.6. The number of terminal acetylenes is 1. The van der Waals surface area contributed by atoms with Crippen molar-refractivity contribution in [1.29, 1.82) is 0 Å². The summed E-state index contributed by atoms with van der Waals surface area (Å²) in [5, 5.41) is 12.1. The third kappa shape index (κ3) is 2.64. The first-order chi connectivity index (χ1) is 7.36. The molecule has 3 nitrogen and oxygen atoms in total. The molecule has 0 heterocycles. The third-order valence-corrected chi connectivity index (χ3v) is 4.29. The lowest BCUT2D eigenvalue weighted by Crippen LogP contribution is -2.40. The molecule has 1 rings (SSSR count). The number of hydrogen-bond acceptors (Lipinski definition) is 1. The van der Waals surface area contributed by atoms with Gasteiger partial charge in [0, 0.05) is 5.56 Å². The van der Waals surface area contributed by atoms with Gasteiger partial charge in [-0.2, -0.15) is 0 Å². The first kappa shape index (κ1) is 12.3. The maximum Gasteiger partial charge on any atom is 0.409 e. The van der Waals surface area contributed by atoms with E-state index in [0.29, 0.717) is 11.3 Å². The molecular formula is C12H15NO2Si. The molecule has 0 aliphatic carbocycles. The third-order valence-electron chi connectivity index (χ3n) is 2.26. The largest absolute Gasteiger partial charge is 0.465 e. The van der Waals surface area contributed by atoms with Crippen LogP contribution in [0.4, 0.5) is 10.5 Å². The number of benzene rings is 1. The van der Waals surface area contributed by atoms with E-state index in [9.17, 15) is 4.79 Å². The highest BCUT2D eigenvalue weighted by Gasteiger charge is 2.21. The molecule has 0 atom stereocenters. The normalized spacial score (nSPS) is 10.6. The molecule has 1 aromatic rings. The standard InChI is InChI=1S/C12H15NO2Si/c1-5-9-10(13-12(14)15)7-6-8-11(9)16(2,3)4/h1,6-8,13H,2-4H3,(H,14,15). The molecule has 0 saturated carbocycles. The van der Waals surface area contributed by atoms with Gasteiger partial charge in [0.1, 0.15) is 0 Å². The number of amides is 1. The Balaban J connectivity index is 3.34. The van der Waals surface area contributed by atoms with Crippen molar-refractivity contribution in [2.45, 2.75) is 19.6 Å². The van der Waals surface area contributed by atoms with E-state index in [4.69, 9.17) is 11.5 Å². The van der Waals surface area contributed by atoms with E-state index < -0.39 is 14.2 Å². The number of anilines is 1. The zero-order chi connectivity index (χ0) is 12.3. The smallest absolute Gasteiger partial charge is 0.409 e. The summed E-state index contributed by atoms with van der Waals surface area (Å²) in [7, 11) is -1.56. The van der Waals surface area contributed by atoms with E-state index in [1.807, 2.05) is 12.1 Å². The van der Waals surface area contributed by atoms with Crippen LogP contribution in [0.2, 0.25) is 19.6 Å². The lowest BCUT2D eigenvalue weighted by molar-refractivity contribution is 0.209. The maximum atomic E-state index is 10.6. The Bertz CT molecular complexity index is 455. The minimum absolute atomic E-state index is 0.495. The lowest BCUT2D eigenvalue weighted by Gasteiger charge is -2.20. The van der Waals surface area contributed by atoms with Crippen molar-refractivity contribution in [2.75, 3.05) is 5.32 Å². The van der Waals surface area contributed by atoms with Crippen LogP contribution in [0, 0.1) is 12.3 Å². The summed E-state index contributed by atoms with van der Waals surface area (Å²) in [6.07, 6.45) is 4.37. The molecule has 0 radical (unpaired) electrons. The number of nitrogens with one attached hydrogen (secondary N) is 1. The van der Waals surface area contributed by atoms with Crippen LogP contribution in [0.15, 0.2) is 18.2 Å². The molecular weight excluding hydrogens is 218 g/mol. The molecule has 0 unspecified atom stereocenters. The quantitative estimate of drug-likeness (QED) is 0.608. The highest BCUT2D eigenvalue weighted by Crippen LogP contribution is 2.16. The number of carbonyl (C=O) groups is 1. The molecule has 0 bridgehead atoms. The van der Waals surface area contributed by atoms with Gasteiger partial charge in [-0.15, -0.1) is 6.42 Å². The molecule has 1 aromatic carbocycles. The van der Waals surface area contributed by atoms with E-state index in [1.165, 1.54) is 0 Å². The lowest BCUT2D eigenvalue weighted by atomic mass is 10.2. The van der Waals surface area contributed by atoms with Gasteiger partial charge < -0.3 is 5.11 Å². The van der Waals surface area contributed by atoms with Gasteiger partial charge in [0.15, 0.2) is 0 Å². The Morgan fingerprint density at radius 1 is 1.44 bits per heavy atom. The van der Waals surface area contributed by atoms with Gasteiger partial charge in [-0.05, 0) is 11.3 Å². The van der Waals surface area contributed by atoms with Gasteiger partial charge in [-0.1, -0.05) is 37.7 Å². The first-order valence-electron chi connectivity index (χ1n) is 4.96. The number of hydrogen-bond donors (Lipinski definition) is 2. The SMILES string of the molecule is C#Cc1c(NC(=O)O)cccc1[Si](C)(C)C. The minimum atomic E-state index is -1.56. The van der Waals surface area contributed by atoms with Crippen LogP contribution >= 0.6 is 0 Å². The van der Waals surface area contributed by atoms with E-state index >= 15 is 0 Å². The first-order valence-corrected chi connectivity index (χ1v) is 8.46. The topological polar surface area (TPSA) is 49.3 Å². The Morgan fingerprint density at radius 3 is 2.50 bits per heavy atom. The van der Waals surface area contributed by atoms with Crippen LogP contribution in [-0.4, -0.2) is 19.3 Å². The van der Waals surface area contributed by atoms with Crippen molar-refractivity contribution in [1.82, 2.24) is 0 Å². The second-order valence-corrected chi connectivity index (χ2v) is 9.59. The number of carboxylic acid groups (broad SMARTS) is 1. The van der Waals surface area contributed by atoms with Crippen LogP contribution in [0.1, 0.15) is 5.56 Å². The second-order valence-electron chi connectivity index (χ2n) is 4.55. The molecule has 16 heavy (non-hydrogen) atoms. The maximum absolute atomic E-state index is 10.6. The molecule has 84 valence electrons. The zero-order valence-electron chi connectivity index (χ0n) is 9.66. The fourth-order valence-corrected chi connectivity index (χ4v) is 3.11. The molecule has 0 aromatic heterocycles. The van der Waals surface area contributed by atoms with Crippen molar-refractivity contribution in [3.05, 3.63) is 23.8 Å².